The molecule has 4 heteroatoms. The van der Waals surface area contributed by atoms with Gasteiger partial charge in [0.15, 0.2) is 0 Å². The Morgan fingerprint density at radius 3 is 2.88 bits per heavy atom. The van der Waals surface area contributed by atoms with Gasteiger partial charge in [-0.05, 0) is 25.3 Å². The molecule has 0 aliphatic heterocycles. The van der Waals surface area contributed by atoms with Crippen LogP contribution in [-0.4, -0.2) is 6.04 Å². The molecule has 3 N–H and O–H groups in total. The number of nitrogen functional groups attached to an aromatic ring is 1. The molecule has 0 amide bonds. The average Bonchev–Trinajstić information content (AvgIpc) is 2.27. The van der Waals surface area contributed by atoms with Crippen molar-refractivity contribution in [1.29, 1.82) is 0 Å². The molecule has 1 atom stereocenters. The summed E-state index contributed by atoms with van der Waals surface area (Å²) in [6.45, 7) is 0. The summed E-state index contributed by atoms with van der Waals surface area (Å²) in [7, 11) is 0. The lowest BCUT2D eigenvalue weighted by molar-refractivity contribution is 0.624. The fourth-order valence-electron chi connectivity index (χ4n) is 1.83. The number of benzene rings is 1. The van der Waals surface area contributed by atoms with Crippen LogP contribution >= 0.6 is 11.6 Å². The fraction of sp³-hybridized carbons (Fsp3) is 0.333. The molecule has 1 aromatic rings. The van der Waals surface area contributed by atoms with Crippen molar-refractivity contribution in [3.8, 4) is 0 Å². The van der Waals surface area contributed by atoms with E-state index in [2.05, 4.69) is 17.5 Å². The molecule has 0 heterocycles. The lowest BCUT2D eigenvalue weighted by Gasteiger charge is -2.21. The van der Waals surface area contributed by atoms with Crippen LogP contribution in [0.2, 0.25) is 5.02 Å². The van der Waals surface area contributed by atoms with Crippen molar-refractivity contribution in [3.05, 3.63) is 35.1 Å². The van der Waals surface area contributed by atoms with Crippen molar-refractivity contribution < 1.29 is 4.39 Å². The smallest absolute Gasteiger partial charge is 0.143 e. The van der Waals surface area contributed by atoms with Crippen molar-refractivity contribution in [1.82, 2.24) is 0 Å². The van der Waals surface area contributed by atoms with Gasteiger partial charge >= 0.3 is 0 Å². The van der Waals surface area contributed by atoms with E-state index in [4.69, 9.17) is 17.3 Å². The third-order valence-electron chi connectivity index (χ3n) is 2.72. The van der Waals surface area contributed by atoms with Gasteiger partial charge in [-0.1, -0.05) is 23.8 Å². The third-order valence-corrected chi connectivity index (χ3v) is 3.01. The van der Waals surface area contributed by atoms with Crippen molar-refractivity contribution >= 4 is 23.0 Å². The highest BCUT2D eigenvalue weighted by molar-refractivity contribution is 6.31. The Bertz CT molecular complexity index is 418. The number of rotatable bonds is 2. The lowest BCUT2D eigenvalue weighted by Crippen LogP contribution is -2.21. The van der Waals surface area contributed by atoms with E-state index in [0.29, 0.717) is 17.4 Å². The maximum absolute atomic E-state index is 13.3. The summed E-state index contributed by atoms with van der Waals surface area (Å²) < 4.78 is 13.3. The molecule has 0 aromatic heterocycles. The zero-order valence-corrected chi connectivity index (χ0v) is 9.60. The predicted molar refractivity (Wildman–Crippen MR) is 66.2 cm³/mol. The zero-order chi connectivity index (χ0) is 11.5. The summed E-state index contributed by atoms with van der Waals surface area (Å²) in [6, 6.07) is 3.13. The molecule has 0 bridgehead atoms. The number of anilines is 2. The Kier molecular flexibility index (Phi) is 3.34. The molecule has 0 saturated heterocycles. The number of hydrogen-bond acceptors (Lipinski definition) is 2. The largest absolute Gasteiger partial charge is 0.397 e. The Morgan fingerprint density at radius 2 is 2.19 bits per heavy atom. The van der Waals surface area contributed by atoms with E-state index in [0.717, 1.165) is 19.3 Å². The van der Waals surface area contributed by atoms with Gasteiger partial charge in [0, 0.05) is 12.1 Å². The van der Waals surface area contributed by atoms with Gasteiger partial charge in [0.05, 0.1) is 16.4 Å². The van der Waals surface area contributed by atoms with Crippen LogP contribution in [0, 0.1) is 5.82 Å². The molecule has 1 aliphatic rings. The van der Waals surface area contributed by atoms with Crippen molar-refractivity contribution in [2.24, 2.45) is 0 Å². The first-order valence-electron chi connectivity index (χ1n) is 5.33. The molecule has 0 fully saturated rings. The van der Waals surface area contributed by atoms with Gasteiger partial charge in [0.25, 0.3) is 0 Å². The molecular formula is C12H14ClFN2. The predicted octanol–water partition coefficient (Wildman–Crippen LogP) is 3.58. The highest BCUT2D eigenvalue weighted by Gasteiger charge is 2.12. The second-order valence-electron chi connectivity index (χ2n) is 3.98. The molecule has 1 aliphatic carbocycles. The van der Waals surface area contributed by atoms with Crippen LogP contribution in [0.4, 0.5) is 15.8 Å². The maximum atomic E-state index is 13.3. The Balaban J connectivity index is 2.14. The number of nitrogens with two attached hydrogens (primary N) is 1. The molecule has 0 saturated carbocycles. The van der Waals surface area contributed by atoms with Crippen molar-refractivity contribution in [3.63, 3.8) is 0 Å². The van der Waals surface area contributed by atoms with E-state index in [1.54, 1.807) is 0 Å². The molecule has 1 unspecified atom stereocenters. The summed E-state index contributed by atoms with van der Waals surface area (Å²) in [6.07, 6.45) is 7.32. The first kappa shape index (κ1) is 11.3. The number of halogens is 2. The van der Waals surface area contributed by atoms with E-state index in [1.165, 1.54) is 12.1 Å². The van der Waals surface area contributed by atoms with Crippen LogP contribution in [0.1, 0.15) is 19.3 Å². The van der Waals surface area contributed by atoms with Gasteiger partial charge in [-0.2, -0.15) is 0 Å². The first-order chi connectivity index (χ1) is 7.66. The summed E-state index contributed by atoms with van der Waals surface area (Å²) in [5.41, 5.74) is 6.89. The van der Waals surface area contributed by atoms with E-state index >= 15 is 0 Å². The monoisotopic (exact) mass is 240 g/mol. The minimum absolute atomic E-state index is 0.0617. The Labute approximate surface area is 99.3 Å². The van der Waals surface area contributed by atoms with Crippen molar-refractivity contribution in [2.75, 3.05) is 11.1 Å². The SMILES string of the molecule is Nc1cc(Cl)c(F)cc1NC1CC=CCC1. The second kappa shape index (κ2) is 4.74. The van der Waals surface area contributed by atoms with Crippen LogP contribution in [0.3, 0.4) is 0 Å². The quantitative estimate of drug-likeness (QED) is 0.613. The van der Waals surface area contributed by atoms with Crippen LogP contribution in [0.15, 0.2) is 24.3 Å². The first-order valence-corrected chi connectivity index (χ1v) is 5.70. The molecule has 86 valence electrons. The summed E-state index contributed by atoms with van der Waals surface area (Å²) >= 11 is 5.63. The Hall–Kier alpha value is -1.22. The molecule has 16 heavy (non-hydrogen) atoms. The van der Waals surface area contributed by atoms with Gasteiger partial charge in [-0.15, -0.1) is 0 Å². The van der Waals surface area contributed by atoms with Gasteiger partial charge in [0.1, 0.15) is 5.82 Å². The maximum Gasteiger partial charge on any atom is 0.143 e. The lowest BCUT2D eigenvalue weighted by atomic mass is 10.0. The number of hydrogen-bond donors (Lipinski definition) is 2. The minimum atomic E-state index is -0.440. The third kappa shape index (κ3) is 2.47. The number of allylic oxidation sites excluding steroid dienone is 1. The van der Waals surface area contributed by atoms with E-state index in [9.17, 15) is 4.39 Å². The average molecular weight is 241 g/mol. The van der Waals surface area contributed by atoms with Crippen LogP contribution < -0.4 is 11.1 Å². The van der Waals surface area contributed by atoms with Crippen LogP contribution in [0.5, 0.6) is 0 Å². The normalized spacial score (nSPS) is 19.8. The summed E-state index contributed by atoms with van der Waals surface area (Å²) in [5, 5.41) is 3.30. The highest BCUT2D eigenvalue weighted by atomic mass is 35.5. The van der Waals surface area contributed by atoms with Crippen LogP contribution in [-0.2, 0) is 0 Å². The topological polar surface area (TPSA) is 38.0 Å². The highest BCUT2D eigenvalue weighted by Crippen LogP contribution is 2.28. The fourth-order valence-corrected chi connectivity index (χ4v) is 2.00. The van der Waals surface area contributed by atoms with E-state index in [-0.39, 0.29) is 5.02 Å². The second-order valence-corrected chi connectivity index (χ2v) is 4.39. The van der Waals surface area contributed by atoms with Gasteiger partial charge in [0.2, 0.25) is 0 Å². The van der Waals surface area contributed by atoms with E-state index in [1.807, 2.05) is 0 Å². The molecule has 0 radical (unpaired) electrons. The van der Waals surface area contributed by atoms with Gasteiger partial charge in [-0.25, -0.2) is 4.39 Å². The molecule has 2 nitrogen and oxygen atoms in total. The van der Waals surface area contributed by atoms with Gasteiger partial charge in [-0.3, -0.25) is 0 Å². The number of nitrogens with one attached hydrogen (secondary N) is 1. The van der Waals surface area contributed by atoms with E-state index < -0.39 is 5.82 Å². The Morgan fingerprint density at radius 1 is 1.38 bits per heavy atom. The standard InChI is InChI=1S/C12H14ClFN2/c13-9-6-11(15)12(7-10(9)14)16-8-4-2-1-3-5-8/h1-2,6-8,16H,3-5,15H2. The van der Waals surface area contributed by atoms with Crippen molar-refractivity contribution in [2.45, 2.75) is 25.3 Å². The molecule has 0 spiro atoms. The van der Waals surface area contributed by atoms with Gasteiger partial charge < -0.3 is 11.1 Å². The minimum Gasteiger partial charge on any atom is -0.397 e. The van der Waals surface area contributed by atoms with Crippen LogP contribution in [0.25, 0.3) is 0 Å². The zero-order valence-electron chi connectivity index (χ0n) is 8.84. The molecule has 2 rings (SSSR count). The molecular weight excluding hydrogens is 227 g/mol. The summed E-state index contributed by atoms with van der Waals surface area (Å²) in [4.78, 5) is 0. The molecule has 1 aromatic carbocycles. The summed E-state index contributed by atoms with van der Waals surface area (Å²) in [5.74, 6) is -0.440.